The van der Waals surface area contributed by atoms with Gasteiger partial charge in [0.1, 0.15) is 5.69 Å². The largest absolute Gasteiger partial charge is 0.346 e. The van der Waals surface area contributed by atoms with Gasteiger partial charge in [-0.25, -0.2) is 4.68 Å². The van der Waals surface area contributed by atoms with E-state index in [1.54, 1.807) is 6.92 Å². The summed E-state index contributed by atoms with van der Waals surface area (Å²) < 4.78 is 1.83. The lowest BCUT2D eigenvalue weighted by Gasteiger charge is -2.25. The highest BCUT2D eigenvalue weighted by Gasteiger charge is 2.42. The molecular formula is C13H21N5O2. The number of fused-ring (bicyclic) bond motifs is 1. The molecule has 2 aliphatic heterocycles. The van der Waals surface area contributed by atoms with Crippen LogP contribution in [0.5, 0.6) is 0 Å². The summed E-state index contributed by atoms with van der Waals surface area (Å²) in [6.45, 7) is 7.36. The average Bonchev–Trinajstić information content (AvgIpc) is 3.03. The van der Waals surface area contributed by atoms with Crippen LogP contribution in [0.15, 0.2) is 0 Å². The molecule has 1 N–H and O–H groups in total. The molecule has 1 aromatic heterocycles. The summed E-state index contributed by atoms with van der Waals surface area (Å²) in [6.07, 6.45) is 2.02. The van der Waals surface area contributed by atoms with Gasteiger partial charge >= 0.3 is 5.69 Å². The number of nitrogens with one attached hydrogen (secondary N) is 1. The highest BCUT2D eigenvalue weighted by Crippen LogP contribution is 2.38. The van der Waals surface area contributed by atoms with Crippen LogP contribution in [0.4, 0.5) is 11.5 Å². The first-order valence-corrected chi connectivity index (χ1v) is 7.32. The Hall–Kier alpha value is -1.63. The maximum atomic E-state index is 11.4. The van der Waals surface area contributed by atoms with Gasteiger partial charge in [-0.1, -0.05) is 6.92 Å². The zero-order chi connectivity index (χ0) is 14.3. The third-order valence-electron chi connectivity index (χ3n) is 4.41. The minimum absolute atomic E-state index is 0.186. The van der Waals surface area contributed by atoms with E-state index in [1.165, 1.54) is 0 Å². The van der Waals surface area contributed by atoms with Gasteiger partial charge < -0.3 is 10.2 Å². The summed E-state index contributed by atoms with van der Waals surface area (Å²) in [7, 11) is 0. The summed E-state index contributed by atoms with van der Waals surface area (Å²) in [4.78, 5) is 13.3. The Kier molecular flexibility index (Phi) is 3.37. The quantitative estimate of drug-likeness (QED) is 0.664. The Balaban J connectivity index is 2.04. The van der Waals surface area contributed by atoms with Crippen LogP contribution in [-0.4, -0.2) is 40.4 Å². The summed E-state index contributed by atoms with van der Waals surface area (Å²) in [6, 6.07) is 0.375. The second-order valence-electron chi connectivity index (χ2n) is 5.71. The summed E-state index contributed by atoms with van der Waals surface area (Å²) >= 11 is 0. The molecule has 2 aliphatic rings. The van der Waals surface area contributed by atoms with Crippen LogP contribution in [0.3, 0.4) is 0 Å². The Bertz CT molecular complexity index is 527. The number of anilines is 1. The van der Waals surface area contributed by atoms with Crippen molar-refractivity contribution in [2.75, 3.05) is 24.5 Å². The van der Waals surface area contributed by atoms with Crippen LogP contribution in [0.25, 0.3) is 0 Å². The molecule has 1 aromatic rings. The summed E-state index contributed by atoms with van der Waals surface area (Å²) in [5.41, 5.74) is 0.707. The van der Waals surface area contributed by atoms with Crippen LogP contribution in [0, 0.1) is 23.0 Å². The molecule has 0 radical (unpaired) electrons. The van der Waals surface area contributed by atoms with E-state index in [0.29, 0.717) is 23.5 Å². The van der Waals surface area contributed by atoms with Gasteiger partial charge in [0.25, 0.3) is 0 Å². The lowest BCUT2D eigenvalue weighted by Crippen LogP contribution is -2.36. The zero-order valence-electron chi connectivity index (χ0n) is 12.0. The zero-order valence-corrected chi connectivity index (χ0v) is 12.0. The van der Waals surface area contributed by atoms with Gasteiger partial charge in [0.05, 0.1) is 4.92 Å². The molecule has 110 valence electrons. The topological polar surface area (TPSA) is 76.2 Å². The Morgan fingerprint density at radius 1 is 1.50 bits per heavy atom. The molecule has 0 unspecified atom stereocenters. The molecule has 3 rings (SSSR count). The molecule has 2 fully saturated rings. The molecule has 7 nitrogen and oxygen atoms in total. The maximum Gasteiger partial charge on any atom is 0.333 e. The predicted molar refractivity (Wildman–Crippen MR) is 76.0 cm³/mol. The predicted octanol–water partition coefficient (Wildman–Crippen LogP) is 1.31. The molecule has 7 heteroatoms. The third kappa shape index (κ3) is 1.96. The van der Waals surface area contributed by atoms with E-state index in [2.05, 4.69) is 22.2 Å². The van der Waals surface area contributed by atoms with Crippen molar-refractivity contribution in [1.29, 1.82) is 0 Å². The molecule has 0 saturated carbocycles. The van der Waals surface area contributed by atoms with E-state index < -0.39 is 0 Å². The van der Waals surface area contributed by atoms with Crippen LogP contribution < -0.4 is 10.2 Å². The molecule has 0 aliphatic carbocycles. The second-order valence-corrected chi connectivity index (χ2v) is 5.71. The van der Waals surface area contributed by atoms with Gasteiger partial charge in [-0.3, -0.25) is 10.1 Å². The smallest absolute Gasteiger partial charge is 0.333 e. The van der Waals surface area contributed by atoms with E-state index >= 15 is 0 Å². The van der Waals surface area contributed by atoms with E-state index in [1.807, 2.05) is 4.68 Å². The lowest BCUT2D eigenvalue weighted by molar-refractivity contribution is -0.384. The molecule has 20 heavy (non-hydrogen) atoms. The third-order valence-corrected chi connectivity index (χ3v) is 4.41. The van der Waals surface area contributed by atoms with E-state index in [-0.39, 0.29) is 10.6 Å². The fourth-order valence-electron chi connectivity index (χ4n) is 3.54. The van der Waals surface area contributed by atoms with Crippen molar-refractivity contribution >= 4 is 11.5 Å². The molecule has 0 amide bonds. The number of rotatable bonds is 4. The second kappa shape index (κ2) is 5.05. The fourth-order valence-corrected chi connectivity index (χ4v) is 3.54. The monoisotopic (exact) mass is 279 g/mol. The van der Waals surface area contributed by atoms with Gasteiger partial charge in [0.15, 0.2) is 0 Å². The van der Waals surface area contributed by atoms with Crippen LogP contribution in [0.2, 0.25) is 0 Å². The van der Waals surface area contributed by atoms with Crippen molar-refractivity contribution in [3.63, 3.8) is 0 Å². The number of nitrogens with zero attached hydrogens (tertiary/aromatic N) is 4. The Morgan fingerprint density at radius 2 is 2.30 bits per heavy atom. The molecule has 0 spiro atoms. The highest BCUT2D eigenvalue weighted by atomic mass is 16.6. The molecule has 0 aromatic carbocycles. The fraction of sp³-hybridized carbons (Fsp3) is 0.769. The maximum absolute atomic E-state index is 11.4. The van der Waals surface area contributed by atoms with Gasteiger partial charge in [0, 0.05) is 32.2 Å². The summed E-state index contributed by atoms with van der Waals surface area (Å²) in [5.74, 6) is 1.32. The van der Waals surface area contributed by atoms with Crippen molar-refractivity contribution < 1.29 is 4.92 Å². The molecule has 3 heterocycles. The molecule has 2 saturated heterocycles. The van der Waals surface area contributed by atoms with Crippen molar-refractivity contribution in [3.8, 4) is 0 Å². The van der Waals surface area contributed by atoms with Gasteiger partial charge in [0.2, 0.25) is 5.82 Å². The first-order chi connectivity index (χ1) is 9.63. The van der Waals surface area contributed by atoms with Crippen molar-refractivity contribution in [2.24, 2.45) is 5.92 Å². The number of aromatic nitrogens is 2. The minimum atomic E-state index is -0.278. The standard InChI is InChI=1S/C13H21N5O2/c1-3-5-17-13(12(18(19)20)9(2)15-17)16-6-4-10-7-14-8-11(10)16/h10-11,14H,3-8H2,1-2H3/t10-,11+/m0/s1. The minimum Gasteiger partial charge on any atom is -0.346 e. The number of nitro groups is 1. The Morgan fingerprint density at radius 3 is 3.00 bits per heavy atom. The van der Waals surface area contributed by atoms with Gasteiger partial charge in [-0.05, 0) is 25.7 Å². The number of aryl methyl sites for hydroxylation is 2. The van der Waals surface area contributed by atoms with Crippen molar-refractivity contribution in [2.45, 2.75) is 39.3 Å². The van der Waals surface area contributed by atoms with Crippen LogP contribution in [0.1, 0.15) is 25.5 Å². The Labute approximate surface area is 118 Å². The first-order valence-electron chi connectivity index (χ1n) is 7.32. The van der Waals surface area contributed by atoms with E-state index in [0.717, 1.165) is 39.0 Å². The number of hydrogen-bond donors (Lipinski definition) is 1. The van der Waals surface area contributed by atoms with Gasteiger partial charge in [-0.15, -0.1) is 0 Å². The normalized spacial score (nSPS) is 25.2. The van der Waals surface area contributed by atoms with E-state index in [9.17, 15) is 10.1 Å². The SMILES string of the molecule is CCCn1nc(C)c([N+](=O)[O-])c1N1CC[C@H]2CNC[C@H]21. The van der Waals surface area contributed by atoms with Crippen LogP contribution in [-0.2, 0) is 6.54 Å². The average molecular weight is 279 g/mol. The first kappa shape index (κ1) is 13.4. The molecular weight excluding hydrogens is 258 g/mol. The highest BCUT2D eigenvalue weighted by molar-refractivity contribution is 5.63. The van der Waals surface area contributed by atoms with E-state index in [4.69, 9.17) is 0 Å². The van der Waals surface area contributed by atoms with Crippen molar-refractivity contribution in [1.82, 2.24) is 15.1 Å². The molecule has 2 atom stereocenters. The number of hydrogen-bond acceptors (Lipinski definition) is 5. The van der Waals surface area contributed by atoms with Gasteiger partial charge in [-0.2, -0.15) is 5.10 Å². The van der Waals surface area contributed by atoms with Crippen molar-refractivity contribution in [3.05, 3.63) is 15.8 Å². The lowest BCUT2D eigenvalue weighted by atomic mass is 10.1. The molecule has 0 bridgehead atoms. The van der Waals surface area contributed by atoms with Crippen LogP contribution >= 0.6 is 0 Å². The summed E-state index contributed by atoms with van der Waals surface area (Å²) in [5, 5.41) is 19.2.